The van der Waals surface area contributed by atoms with Gasteiger partial charge in [-0.15, -0.1) is 0 Å². The third kappa shape index (κ3) is 2.97. The van der Waals surface area contributed by atoms with E-state index in [1.165, 1.54) is 12.3 Å². The van der Waals surface area contributed by atoms with Crippen molar-refractivity contribution >= 4 is 32.8 Å². The molecule has 0 unspecified atom stereocenters. The number of H-pyrrole nitrogens is 1. The maximum absolute atomic E-state index is 13.8. The van der Waals surface area contributed by atoms with E-state index in [1.807, 2.05) is 0 Å². The molecule has 0 radical (unpaired) electrons. The summed E-state index contributed by atoms with van der Waals surface area (Å²) in [6, 6.07) is 3.22. The second-order valence-electron chi connectivity index (χ2n) is 5.34. The van der Waals surface area contributed by atoms with Gasteiger partial charge in [0.15, 0.2) is 0 Å². The molecule has 1 N–H and O–H groups in total. The molecule has 1 aromatic carbocycles. The molecule has 0 aliphatic carbocycles. The van der Waals surface area contributed by atoms with Crippen LogP contribution in [0, 0.1) is 5.82 Å². The molecule has 0 saturated carbocycles. The molecule has 0 fully saturated rings. The number of nitrogens with one attached hydrogen (secondary N) is 1. The molecule has 0 amide bonds. The minimum Gasteiger partial charge on any atom is -0.456 e. The smallest absolute Gasteiger partial charge is 0.340 e. The van der Waals surface area contributed by atoms with Gasteiger partial charge in [0.2, 0.25) is 0 Å². The number of aromatic nitrogens is 1. The Morgan fingerprint density at radius 2 is 2.11 bits per heavy atom. The molecule has 5 heteroatoms. The third-order valence-corrected chi connectivity index (χ3v) is 3.22. The summed E-state index contributed by atoms with van der Waals surface area (Å²) in [5.41, 5.74) is 0.873. The standard InChI is InChI=1S/C14H15BrFNO2/c1-14(2,3)19-13(18)10-7-17-12-9(10)4-8(6-15)5-11(12)16/h4-5,7,17H,6H2,1-3H3. The summed E-state index contributed by atoms with van der Waals surface area (Å²) in [5, 5.41) is 1.07. The molecule has 3 nitrogen and oxygen atoms in total. The molecule has 2 aromatic rings. The summed E-state index contributed by atoms with van der Waals surface area (Å²) >= 11 is 3.28. The topological polar surface area (TPSA) is 42.1 Å². The van der Waals surface area contributed by atoms with Gasteiger partial charge in [-0.1, -0.05) is 15.9 Å². The molecule has 0 aliphatic heterocycles. The third-order valence-electron chi connectivity index (χ3n) is 2.57. The Labute approximate surface area is 119 Å². The van der Waals surface area contributed by atoms with E-state index >= 15 is 0 Å². The molecule has 1 heterocycles. The Morgan fingerprint density at radius 3 is 2.68 bits per heavy atom. The second kappa shape index (κ2) is 4.96. The van der Waals surface area contributed by atoms with Crippen molar-refractivity contribution in [3.05, 3.63) is 35.3 Å². The van der Waals surface area contributed by atoms with Gasteiger partial charge in [0, 0.05) is 16.9 Å². The Kier molecular flexibility index (Phi) is 3.67. The van der Waals surface area contributed by atoms with Crippen molar-refractivity contribution in [2.75, 3.05) is 0 Å². The first-order valence-electron chi connectivity index (χ1n) is 5.90. The van der Waals surface area contributed by atoms with Crippen molar-refractivity contribution in [1.82, 2.24) is 4.98 Å². The number of hydrogen-bond acceptors (Lipinski definition) is 2. The lowest BCUT2D eigenvalue weighted by Gasteiger charge is -2.19. The molecule has 0 saturated heterocycles. The van der Waals surface area contributed by atoms with E-state index in [0.717, 1.165) is 5.56 Å². The van der Waals surface area contributed by atoms with Crippen LogP contribution < -0.4 is 0 Å². The van der Waals surface area contributed by atoms with E-state index < -0.39 is 11.6 Å². The van der Waals surface area contributed by atoms with Gasteiger partial charge in [-0.05, 0) is 38.5 Å². The molecular formula is C14H15BrFNO2. The number of halogens is 2. The Morgan fingerprint density at radius 1 is 1.42 bits per heavy atom. The summed E-state index contributed by atoms with van der Waals surface area (Å²) in [5.74, 6) is -0.827. The predicted molar refractivity (Wildman–Crippen MR) is 76.1 cm³/mol. The lowest BCUT2D eigenvalue weighted by molar-refractivity contribution is 0.00719. The highest BCUT2D eigenvalue weighted by molar-refractivity contribution is 9.08. The predicted octanol–water partition coefficient (Wildman–Crippen LogP) is 4.16. The van der Waals surface area contributed by atoms with Crippen molar-refractivity contribution in [1.29, 1.82) is 0 Å². The largest absolute Gasteiger partial charge is 0.456 e. The van der Waals surface area contributed by atoms with Crippen LogP contribution in [0.4, 0.5) is 4.39 Å². The number of carbonyl (C=O) groups excluding carboxylic acids is 1. The Hall–Kier alpha value is -1.36. The molecule has 0 atom stereocenters. The van der Waals surface area contributed by atoms with Crippen molar-refractivity contribution in [3.63, 3.8) is 0 Å². The van der Waals surface area contributed by atoms with Crippen LogP contribution in [-0.2, 0) is 10.1 Å². The molecule has 19 heavy (non-hydrogen) atoms. The van der Waals surface area contributed by atoms with Crippen LogP contribution in [0.2, 0.25) is 0 Å². The average molecular weight is 328 g/mol. The number of esters is 1. The fraction of sp³-hybridized carbons (Fsp3) is 0.357. The van der Waals surface area contributed by atoms with Gasteiger partial charge in [-0.3, -0.25) is 0 Å². The lowest BCUT2D eigenvalue weighted by atomic mass is 10.1. The molecule has 1 aromatic heterocycles. The monoisotopic (exact) mass is 327 g/mol. The number of rotatable bonds is 2. The van der Waals surface area contributed by atoms with Crippen molar-refractivity contribution < 1.29 is 13.9 Å². The highest BCUT2D eigenvalue weighted by atomic mass is 79.9. The first kappa shape index (κ1) is 14.1. The van der Waals surface area contributed by atoms with E-state index in [-0.39, 0.29) is 5.82 Å². The summed E-state index contributed by atoms with van der Waals surface area (Å²) in [7, 11) is 0. The lowest BCUT2D eigenvalue weighted by Crippen LogP contribution is -2.23. The number of fused-ring (bicyclic) bond motifs is 1. The maximum Gasteiger partial charge on any atom is 0.340 e. The number of carbonyl (C=O) groups is 1. The molecule has 0 bridgehead atoms. The summed E-state index contributed by atoms with van der Waals surface area (Å²) in [6.07, 6.45) is 1.49. The number of aromatic amines is 1. The van der Waals surface area contributed by atoms with E-state index in [4.69, 9.17) is 4.74 Å². The van der Waals surface area contributed by atoms with Gasteiger partial charge in [0.25, 0.3) is 0 Å². The van der Waals surface area contributed by atoms with Crippen LogP contribution >= 0.6 is 15.9 Å². The molecule has 2 rings (SSSR count). The van der Waals surface area contributed by atoms with Crippen molar-refractivity contribution in [2.24, 2.45) is 0 Å². The normalized spacial score (nSPS) is 11.8. The van der Waals surface area contributed by atoms with E-state index in [2.05, 4.69) is 20.9 Å². The number of ether oxygens (including phenoxy) is 1. The summed E-state index contributed by atoms with van der Waals surface area (Å²) in [4.78, 5) is 14.9. The van der Waals surface area contributed by atoms with Crippen molar-refractivity contribution in [2.45, 2.75) is 31.7 Å². The Balaban J connectivity index is 2.50. The highest BCUT2D eigenvalue weighted by Crippen LogP contribution is 2.25. The minimum absolute atomic E-state index is 0.325. The van der Waals surface area contributed by atoms with Gasteiger partial charge >= 0.3 is 5.97 Å². The van der Waals surface area contributed by atoms with Crippen molar-refractivity contribution in [3.8, 4) is 0 Å². The van der Waals surface area contributed by atoms with Gasteiger partial charge in [0.1, 0.15) is 11.4 Å². The zero-order chi connectivity index (χ0) is 14.2. The van der Waals surface area contributed by atoms with Crippen LogP contribution in [0.15, 0.2) is 18.3 Å². The maximum atomic E-state index is 13.8. The number of alkyl halides is 1. The molecular weight excluding hydrogens is 313 g/mol. The molecule has 0 aliphatic rings. The molecule has 0 spiro atoms. The first-order chi connectivity index (χ1) is 8.81. The van der Waals surface area contributed by atoms with Gasteiger partial charge < -0.3 is 9.72 Å². The SMILES string of the molecule is CC(C)(C)OC(=O)c1c[nH]c2c(F)cc(CBr)cc12. The first-order valence-corrected chi connectivity index (χ1v) is 7.03. The van der Waals surface area contributed by atoms with Gasteiger partial charge in [-0.25, -0.2) is 9.18 Å². The van der Waals surface area contributed by atoms with Gasteiger partial charge in [0.05, 0.1) is 11.1 Å². The summed E-state index contributed by atoms with van der Waals surface area (Å²) < 4.78 is 19.2. The zero-order valence-corrected chi connectivity index (χ0v) is 12.6. The quantitative estimate of drug-likeness (QED) is 0.664. The number of benzene rings is 1. The van der Waals surface area contributed by atoms with E-state index in [9.17, 15) is 9.18 Å². The van der Waals surface area contributed by atoms with Crippen LogP contribution in [-0.4, -0.2) is 16.6 Å². The minimum atomic E-state index is -0.577. The Bertz CT molecular complexity index is 628. The fourth-order valence-electron chi connectivity index (χ4n) is 1.82. The van der Waals surface area contributed by atoms with Crippen LogP contribution in [0.1, 0.15) is 36.7 Å². The zero-order valence-electron chi connectivity index (χ0n) is 11.0. The average Bonchev–Trinajstić information content (AvgIpc) is 2.70. The van der Waals surface area contributed by atoms with Crippen LogP contribution in [0.25, 0.3) is 10.9 Å². The molecule has 102 valence electrons. The highest BCUT2D eigenvalue weighted by Gasteiger charge is 2.21. The number of hydrogen-bond donors (Lipinski definition) is 1. The van der Waals surface area contributed by atoms with E-state index in [1.54, 1.807) is 26.8 Å². The second-order valence-corrected chi connectivity index (χ2v) is 5.90. The van der Waals surface area contributed by atoms with Gasteiger partial charge in [-0.2, -0.15) is 0 Å². The van der Waals surface area contributed by atoms with Crippen LogP contribution in [0.5, 0.6) is 0 Å². The fourth-order valence-corrected chi connectivity index (χ4v) is 2.15. The van der Waals surface area contributed by atoms with Crippen LogP contribution in [0.3, 0.4) is 0 Å². The van der Waals surface area contributed by atoms with E-state index in [0.29, 0.717) is 21.8 Å². The summed E-state index contributed by atoms with van der Waals surface area (Å²) in [6.45, 7) is 5.39.